The van der Waals surface area contributed by atoms with Crippen molar-refractivity contribution >= 4 is 22.7 Å². The Morgan fingerprint density at radius 1 is 0.870 bits per heavy atom. The lowest BCUT2D eigenvalue weighted by Crippen LogP contribution is -2.21. The van der Waals surface area contributed by atoms with Crippen LogP contribution in [0.15, 0.2) is 54.6 Å². The van der Waals surface area contributed by atoms with E-state index >= 15 is 0 Å². The van der Waals surface area contributed by atoms with E-state index < -0.39 is 0 Å². The van der Waals surface area contributed by atoms with E-state index in [-0.39, 0.29) is 0 Å². The van der Waals surface area contributed by atoms with Gasteiger partial charge in [0.15, 0.2) is 0 Å². The number of nitrogens with zero attached hydrogens (tertiary/aromatic N) is 3. The van der Waals surface area contributed by atoms with Gasteiger partial charge in [-0.2, -0.15) is 4.98 Å². The van der Waals surface area contributed by atoms with Crippen molar-refractivity contribution in [2.75, 3.05) is 23.3 Å². The maximum atomic E-state index is 4.80. The number of para-hydroxylation sites is 1. The van der Waals surface area contributed by atoms with Crippen LogP contribution in [-0.4, -0.2) is 23.1 Å². The molecule has 0 radical (unpaired) electrons. The lowest BCUT2D eigenvalue weighted by atomic mass is 10.2. The molecule has 4 heteroatoms. The molecular formula is C19H20N4. The summed E-state index contributed by atoms with van der Waals surface area (Å²) in [7, 11) is 0. The molecule has 4 rings (SSSR count). The first-order chi connectivity index (χ1) is 11.4. The maximum absolute atomic E-state index is 4.80. The summed E-state index contributed by atoms with van der Waals surface area (Å²) in [5.41, 5.74) is 2.25. The molecule has 0 bridgehead atoms. The molecule has 0 aliphatic carbocycles. The number of fused-ring (bicyclic) bond motifs is 1. The van der Waals surface area contributed by atoms with Crippen LogP contribution in [0.2, 0.25) is 0 Å². The van der Waals surface area contributed by atoms with Crippen LogP contribution in [0.3, 0.4) is 0 Å². The Morgan fingerprint density at radius 3 is 2.43 bits per heavy atom. The van der Waals surface area contributed by atoms with Crippen LogP contribution in [-0.2, 0) is 6.54 Å². The van der Waals surface area contributed by atoms with Gasteiger partial charge in [-0.05, 0) is 30.5 Å². The van der Waals surface area contributed by atoms with E-state index in [9.17, 15) is 0 Å². The molecule has 1 fully saturated rings. The average Bonchev–Trinajstić information content (AvgIpc) is 3.15. The van der Waals surface area contributed by atoms with Crippen LogP contribution in [0, 0.1) is 0 Å². The third kappa shape index (κ3) is 2.97. The van der Waals surface area contributed by atoms with Gasteiger partial charge >= 0.3 is 0 Å². The average molecular weight is 304 g/mol. The molecule has 0 atom stereocenters. The molecule has 0 spiro atoms. The van der Waals surface area contributed by atoms with E-state index in [4.69, 9.17) is 9.97 Å². The molecule has 1 aromatic heterocycles. The Hall–Kier alpha value is -2.62. The van der Waals surface area contributed by atoms with Gasteiger partial charge in [-0.25, -0.2) is 4.98 Å². The number of benzene rings is 2. The molecule has 1 saturated heterocycles. The van der Waals surface area contributed by atoms with Gasteiger partial charge in [0, 0.05) is 25.0 Å². The fourth-order valence-electron chi connectivity index (χ4n) is 3.04. The zero-order valence-electron chi connectivity index (χ0n) is 13.1. The zero-order valence-corrected chi connectivity index (χ0v) is 13.1. The minimum atomic E-state index is 0.765. The van der Waals surface area contributed by atoms with Crippen molar-refractivity contribution < 1.29 is 0 Å². The molecule has 0 saturated carbocycles. The van der Waals surface area contributed by atoms with Gasteiger partial charge in [-0.15, -0.1) is 0 Å². The molecule has 1 aliphatic rings. The van der Waals surface area contributed by atoms with Crippen molar-refractivity contribution in [2.24, 2.45) is 0 Å². The van der Waals surface area contributed by atoms with Crippen molar-refractivity contribution in [1.82, 2.24) is 9.97 Å². The number of aromatic nitrogens is 2. The molecule has 1 N–H and O–H groups in total. The summed E-state index contributed by atoms with van der Waals surface area (Å²) in [6.07, 6.45) is 2.45. The first kappa shape index (κ1) is 14.0. The Labute approximate surface area is 136 Å². The summed E-state index contributed by atoms with van der Waals surface area (Å²) in [6, 6.07) is 18.6. The number of hydrogen-bond acceptors (Lipinski definition) is 4. The predicted molar refractivity (Wildman–Crippen MR) is 94.8 cm³/mol. The molecular weight excluding hydrogens is 284 g/mol. The van der Waals surface area contributed by atoms with Crippen molar-refractivity contribution in [3.63, 3.8) is 0 Å². The quantitative estimate of drug-likeness (QED) is 0.795. The van der Waals surface area contributed by atoms with E-state index in [0.29, 0.717) is 0 Å². The van der Waals surface area contributed by atoms with Gasteiger partial charge in [-0.3, -0.25) is 0 Å². The first-order valence-corrected chi connectivity index (χ1v) is 8.20. The second-order valence-electron chi connectivity index (χ2n) is 5.92. The molecule has 3 aromatic rings. The lowest BCUT2D eigenvalue weighted by Gasteiger charge is -2.17. The molecule has 2 heterocycles. The van der Waals surface area contributed by atoms with Crippen LogP contribution in [0.5, 0.6) is 0 Å². The van der Waals surface area contributed by atoms with Crippen LogP contribution in [0.25, 0.3) is 10.9 Å². The third-order valence-electron chi connectivity index (χ3n) is 4.28. The molecule has 2 aromatic carbocycles. The topological polar surface area (TPSA) is 41.1 Å². The summed E-state index contributed by atoms with van der Waals surface area (Å²) in [6.45, 7) is 2.87. The van der Waals surface area contributed by atoms with Crippen LogP contribution < -0.4 is 10.2 Å². The summed E-state index contributed by atoms with van der Waals surface area (Å²) in [4.78, 5) is 11.8. The van der Waals surface area contributed by atoms with Crippen LogP contribution in [0.1, 0.15) is 18.4 Å². The monoisotopic (exact) mass is 304 g/mol. The van der Waals surface area contributed by atoms with Crippen LogP contribution in [0.4, 0.5) is 11.8 Å². The number of rotatable bonds is 4. The van der Waals surface area contributed by atoms with Gasteiger partial charge in [0.25, 0.3) is 0 Å². The fourth-order valence-corrected chi connectivity index (χ4v) is 3.04. The number of hydrogen-bond donors (Lipinski definition) is 1. The van der Waals surface area contributed by atoms with E-state index in [1.807, 2.05) is 18.2 Å². The Bertz CT molecular complexity index is 795. The summed E-state index contributed by atoms with van der Waals surface area (Å²) in [5.74, 6) is 1.76. The SMILES string of the molecule is c1ccc(CNc2nc(N3CCCC3)nc3ccccc23)cc1. The van der Waals surface area contributed by atoms with Gasteiger partial charge in [0.2, 0.25) is 5.95 Å². The van der Waals surface area contributed by atoms with Crippen molar-refractivity contribution in [2.45, 2.75) is 19.4 Å². The molecule has 23 heavy (non-hydrogen) atoms. The Morgan fingerprint density at radius 2 is 1.61 bits per heavy atom. The Balaban J connectivity index is 1.68. The van der Waals surface area contributed by atoms with Crippen LogP contribution >= 0.6 is 0 Å². The number of nitrogens with one attached hydrogen (secondary N) is 1. The summed E-state index contributed by atoms with van der Waals surface area (Å²) in [5, 5.41) is 4.57. The van der Waals surface area contributed by atoms with E-state index in [0.717, 1.165) is 42.3 Å². The van der Waals surface area contributed by atoms with Crippen molar-refractivity contribution in [3.8, 4) is 0 Å². The maximum Gasteiger partial charge on any atom is 0.227 e. The highest BCUT2D eigenvalue weighted by Gasteiger charge is 2.17. The van der Waals surface area contributed by atoms with Crippen molar-refractivity contribution in [1.29, 1.82) is 0 Å². The van der Waals surface area contributed by atoms with E-state index in [1.165, 1.54) is 18.4 Å². The molecule has 4 nitrogen and oxygen atoms in total. The predicted octanol–water partition coefficient (Wildman–Crippen LogP) is 3.84. The first-order valence-electron chi connectivity index (χ1n) is 8.20. The largest absolute Gasteiger partial charge is 0.365 e. The molecule has 0 unspecified atom stereocenters. The second-order valence-corrected chi connectivity index (χ2v) is 5.92. The van der Waals surface area contributed by atoms with Gasteiger partial charge < -0.3 is 10.2 Å². The fraction of sp³-hybridized carbons (Fsp3) is 0.263. The minimum absolute atomic E-state index is 0.765. The minimum Gasteiger partial charge on any atom is -0.365 e. The Kier molecular flexibility index (Phi) is 3.80. The molecule has 0 amide bonds. The van der Waals surface area contributed by atoms with E-state index in [2.05, 4.69) is 46.6 Å². The van der Waals surface area contributed by atoms with Crippen molar-refractivity contribution in [3.05, 3.63) is 60.2 Å². The second kappa shape index (κ2) is 6.24. The highest BCUT2D eigenvalue weighted by atomic mass is 15.3. The standard InChI is InChI=1S/C19H20N4/c1-2-8-15(9-3-1)14-20-18-16-10-4-5-11-17(16)21-19(22-18)23-12-6-7-13-23/h1-5,8-11H,6-7,12-14H2,(H,20,21,22). The molecule has 116 valence electrons. The summed E-state index contributed by atoms with van der Waals surface area (Å²) >= 11 is 0. The highest BCUT2D eigenvalue weighted by Crippen LogP contribution is 2.25. The smallest absolute Gasteiger partial charge is 0.227 e. The highest BCUT2D eigenvalue weighted by molar-refractivity contribution is 5.90. The third-order valence-corrected chi connectivity index (χ3v) is 4.28. The lowest BCUT2D eigenvalue weighted by molar-refractivity contribution is 0.905. The van der Waals surface area contributed by atoms with Gasteiger partial charge in [-0.1, -0.05) is 42.5 Å². The molecule has 1 aliphatic heterocycles. The van der Waals surface area contributed by atoms with E-state index in [1.54, 1.807) is 0 Å². The number of anilines is 2. The van der Waals surface area contributed by atoms with Gasteiger partial charge in [0.1, 0.15) is 5.82 Å². The van der Waals surface area contributed by atoms with Gasteiger partial charge in [0.05, 0.1) is 5.52 Å². The normalized spacial score (nSPS) is 14.3. The summed E-state index contributed by atoms with van der Waals surface area (Å²) < 4.78 is 0. The zero-order chi connectivity index (χ0) is 15.5.